The van der Waals surface area contributed by atoms with Crippen molar-refractivity contribution in [1.82, 2.24) is 4.57 Å². The maximum absolute atomic E-state index is 11.0. The van der Waals surface area contributed by atoms with Gasteiger partial charge in [0.25, 0.3) is 0 Å². The van der Waals surface area contributed by atoms with Gasteiger partial charge in [-0.25, -0.2) is 0 Å². The number of aryl methyl sites for hydroxylation is 1. The molecule has 0 aliphatic carbocycles. The van der Waals surface area contributed by atoms with Crippen LogP contribution in [-0.2, 0) is 11.8 Å². The van der Waals surface area contributed by atoms with Gasteiger partial charge in [-0.3, -0.25) is 4.79 Å². The van der Waals surface area contributed by atoms with Crippen molar-refractivity contribution in [1.29, 1.82) is 0 Å². The molecule has 0 spiro atoms. The van der Waals surface area contributed by atoms with E-state index in [2.05, 4.69) is 0 Å². The van der Waals surface area contributed by atoms with E-state index in [1.807, 2.05) is 24.6 Å². The highest BCUT2D eigenvalue weighted by Gasteiger charge is 2.23. The summed E-state index contributed by atoms with van der Waals surface area (Å²) in [6, 6.07) is 4.38. The van der Waals surface area contributed by atoms with Gasteiger partial charge >= 0.3 is 5.97 Å². The number of carboxylic acid groups (broad SMARTS) is 1. The van der Waals surface area contributed by atoms with Gasteiger partial charge in [-0.1, -0.05) is 23.7 Å². The molecule has 5 heteroatoms. The molecule has 17 heavy (non-hydrogen) atoms. The lowest BCUT2D eigenvalue weighted by Crippen LogP contribution is -2.21. The molecule has 1 aromatic heterocycles. The fourth-order valence-corrected chi connectivity index (χ4v) is 2.43. The van der Waals surface area contributed by atoms with Crippen LogP contribution in [0.5, 0.6) is 0 Å². The fraction of sp³-hybridized carbons (Fsp3) is 0.250. The molecule has 3 N–H and O–H groups in total. The molecule has 1 aromatic carbocycles. The zero-order valence-corrected chi connectivity index (χ0v) is 10.3. The summed E-state index contributed by atoms with van der Waals surface area (Å²) in [6.07, 6.45) is 0. The molecule has 1 heterocycles. The second-order valence-electron chi connectivity index (χ2n) is 4.01. The molecule has 0 aliphatic rings. The quantitative estimate of drug-likeness (QED) is 0.861. The third-order valence-corrected chi connectivity index (χ3v) is 3.39. The van der Waals surface area contributed by atoms with Crippen LogP contribution in [0.3, 0.4) is 0 Å². The van der Waals surface area contributed by atoms with Gasteiger partial charge in [0.1, 0.15) is 6.04 Å². The number of nitrogens with two attached hydrogens (primary N) is 1. The molecule has 4 nitrogen and oxygen atoms in total. The van der Waals surface area contributed by atoms with E-state index in [4.69, 9.17) is 22.4 Å². The Morgan fingerprint density at radius 3 is 2.76 bits per heavy atom. The Morgan fingerprint density at radius 1 is 1.53 bits per heavy atom. The number of carbonyl (C=O) groups is 1. The molecule has 0 saturated heterocycles. The topological polar surface area (TPSA) is 68.2 Å². The number of carboxylic acids is 1. The lowest BCUT2D eigenvalue weighted by atomic mass is 10.0. The fourth-order valence-electron chi connectivity index (χ4n) is 2.13. The smallest absolute Gasteiger partial charge is 0.325 e. The first kappa shape index (κ1) is 12.0. The number of nitrogens with zero attached hydrogens (tertiary/aromatic N) is 1. The van der Waals surface area contributed by atoms with E-state index in [0.717, 1.165) is 16.6 Å². The molecular weight excluding hydrogens is 240 g/mol. The molecule has 0 bridgehead atoms. The van der Waals surface area contributed by atoms with Crippen LogP contribution in [0.1, 0.15) is 17.3 Å². The molecule has 0 saturated carbocycles. The number of aromatic nitrogens is 1. The van der Waals surface area contributed by atoms with Crippen molar-refractivity contribution in [2.75, 3.05) is 0 Å². The molecule has 90 valence electrons. The third-order valence-electron chi connectivity index (χ3n) is 3.08. The number of hydrogen-bond donors (Lipinski definition) is 2. The Balaban J connectivity index is 2.85. The van der Waals surface area contributed by atoms with Crippen LogP contribution < -0.4 is 5.73 Å². The summed E-state index contributed by atoms with van der Waals surface area (Å²) in [5.74, 6) is -1.04. The average Bonchev–Trinajstić information content (AvgIpc) is 2.52. The Morgan fingerprint density at radius 2 is 2.18 bits per heavy atom. The summed E-state index contributed by atoms with van der Waals surface area (Å²) in [4.78, 5) is 11.0. The summed E-state index contributed by atoms with van der Waals surface area (Å²) in [5.41, 5.74) is 7.97. The van der Waals surface area contributed by atoms with Crippen LogP contribution >= 0.6 is 11.6 Å². The number of aliphatic carboxylic acids is 1. The summed E-state index contributed by atoms with van der Waals surface area (Å²) in [7, 11) is 1.85. The normalized spacial score (nSPS) is 12.9. The molecule has 2 rings (SSSR count). The second-order valence-corrected chi connectivity index (χ2v) is 4.42. The number of hydrogen-bond acceptors (Lipinski definition) is 2. The van der Waals surface area contributed by atoms with Gasteiger partial charge in [0.2, 0.25) is 0 Å². The first-order chi connectivity index (χ1) is 7.95. The van der Waals surface area contributed by atoms with Crippen molar-refractivity contribution >= 4 is 28.5 Å². The highest BCUT2D eigenvalue weighted by molar-refractivity contribution is 6.35. The van der Waals surface area contributed by atoms with Crippen LogP contribution in [0.2, 0.25) is 5.02 Å². The number of rotatable bonds is 2. The Bertz CT molecular complexity index is 604. The van der Waals surface area contributed by atoms with E-state index in [0.29, 0.717) is 10.6 Å². The minimum atomic E-state index is -1.04. The Labute approximate surface area is 104 Å². The monoisotopic (exact) mass is 252 g/mol. The van der Waals surface area contributed by atoms with E-state index in [9.17, 15) is 4.79 Å². The van der Waals surface area contributed by atoms with Gasteiger partial charge < -0.3 is 15.4 Å². The third kappa shape index (κ3) is 1.69. The molecule has 1 atom stereocenters. The molecule has 1 unspecified atom stereocenters. The molecule has 2 aromatic rings. The summed E-state index contributed by atoms with van der Waals surface area (Å²) >= 11 is 6.12. The molecule has 0 aliphatic heterocycles. The van der Waals surface area contributed by atoms with Crippen molar-refractivity contribution in [3.05, 3.63) is 34.5 Å². The first-order valence-electron chi connectivity index (χ1n) is 5.17. The minimum Gasteiger partial charge on any atom is -0.480 e. The highest BCUT2D eigenvalue weighted by atomic mass is 35.5. The highest BCUT2D eigenvalue weighted by Crippen LogP contribution is 2.33. The molecule has 0 radical (unpaired) electrons. The van der Waals surface area contributed by atoms with Crippen molar-refractivity contribution < 1.29 is 9.90 Å². The van der Waals surface area contributed by atoms with Crippen molar-refractivity contribution in [3.63, 3.8) is 0 Å². The van der Waals surface area contributed by atoms with Gasteiger partial charge in [0.15, 0.2) is 0 Å². The zero-order valence-electron chi connectivity index (χ0n) is 9.57. The predicted molar refractivity (Wildman–Crippen MR) is 67.2 cm³/mol. The average molecular weight is 253 g/mol. The van der Waals surface area contributed by atoms with Crippen molar-refractivity contribution in [2.24, 2.45) is 12.8 Å². The van der Waals surface area contributed by atoms with Gasteiger partial charge in [-0.15, -0.1) is 0 Å². The summed E-state index contributed by atoms with van der Waals surface area (Å²) in [5, 5.41) is 10.4. The van der Waals surface area contributed by atoms with Gasteiger partial charge in [-0.2, -0.15) is 0 Å². The Hall–Kier alpha value is -1.52. The molecule has 0 amide bonds. The van der Waals surface area contributed by atoms with E-state index in [1.54, 1.807) is 12.1 Å². The van der Waals surface area contributed by atoms with Crippen LogP contribution in [0, 0.1) is 6.92 Å². The number of fused-ring (bicyclic) bond motifs is 1. The largest absolute Gasteiger partial charge is 0.480 e. The van der Waals surface area contributed by atoms with Crippen LogP contribution in [0.4, 0.5) is 0 Å². The molecular formula is C12H13ClN2O2. The van der Waals surface area contributed by atoms with Crippen LogP contribution in [0.15, 0.2) is 18.2 Å². The van der Waals surface area contributed by atoms with Gasteiger partial charge in [0.05, 0.1) is 10.5 Å². The number of benzene rings is 1. The standard InChI is InChI=1S/C12H13ClN2O2/c1-6-9(10(14)12(16)17)7-4-3-5-8(13)11(7)15(6)2/h3-5,10H,14H2,1-2H3,(H,16,17). The second kappa shape index (κ2) is 4.05. The summed E-state index contributed by atoms with van der Waals surface area (Å²) in [6.45, 7) is 1.84. The predicted octanol–water partition coefficient (Wildman–Crippen LogP) is 2.22. The van der Waals surface area contributed by atoms with Crippen molar-refractivity contribution in [2.45, 2.75) is 13.0 Å². The van der Waals surface area contributed by atoms with E-state index >= 15 is 0 Å². The minimum absolute atomic E-state index is 0.594. The number of halogens is 1. The lowest BCUT2D eigenvalue weighted by molar-refractivity contribution is -0.138. The SMILES string of the molecule is Cc1c(C(N)C(=O)O)c2cccc(Cl)c2n1C. The van der Waals surface area contributed by atoms with E-state index in [-0.39, 0.29) is 0 Å². The van der Waals surface area contributed by atoms with E-state index in [1.165, 1.54) is 0 Å². The van der Waals surface area contributed by atoms with E-state index < -0.39 is 12.0 Å². The van der Waals surface area contributed by atoms with Gasteiger partial charge in [-0.05, 0) is 13.0 Å². The maximum atomic E-state index is 11.0. The van der Waals surface area contributed by atoms with Crippen LogP contribution in [-0.4, -0.2) is 15.6 Å². The number of para-hydroxylation sites is 1. The van der Waals surface area contributed by atoms with Crippen molar-refractivity contribution in [3.8, 4) is 0 Å². The summed E-state index contributed by atoms with van der Waals surface area (Å²) < 4.78 is 1.87. The zero-order chi connectivity index (χ0) is 12.7. The lowest BCUT2D eigenvalue weighted by Gasteiger charge is -2.07. The van der Waals surface area contributed by atoms with Gasteiger partial charge in [0, 0.05) is 23.7 Å². The molecule has 0 fully saturated rings. The first-order valence-corrected chi connectivity index (χ1v) is 5.54. The van der Waals surface area contributed by atoms with Crippen LogP contribution in [0.25, 0.3) is 10.9 Å². The Kier molecular flexibility index (Phi) is 2.85. The maximum Gasteiger partial charge on any atom is 0.325 e.